The van der Waals surface area contributed by atoms with E-state index >= 15 is 0 Å². The van der Waals surface area contributed by atoms with Gasteiger partial charge in [0.05, 0.1) is 7.11 Å². The summed E-state index contributed by atoms with van der Waals surface area (Å²) in [5.74, 6) is 0.0572. The first-order chi connectivity index (χ1) is 8.20. The summed E-state index contributed by atoms with van der Waals surface area (Å²) in [4.78, 5) is 22.3. The number of esters is 1. The zero-order chi connectivity index (χ0) is 12.9. The maximum absolute atomic E-state index is 11.4. The number of ether oxygens (including phenoxy) is 1. The van der Waals surface area contributed by atoms with Crippen molar-refractivity contribution in [2.45, 2.75) is 71.1 Å². The van der Waals surface area contributed by atoms with Crippen molar-refractivity contribution in [1.29, 1.82) is 0 Å². The third-order valence-corrected chi connectivity index (χ3v) is 2.87. The van der Waals surface area contributed by atoms with Crippen LogP contribution in [0.2, 0.25) is 0 Å². The Labute approximate surface area is 105 Å². The van der Waals surface area contributed by atoms with Crippen LogP contribution in [0.4, 0.5) is 0 Å². The highest BCUT2D eigenvalue weighted by Gasteiger charge is 2.04. The van der Waals surface area contributed by atoms with E-state index in [0.29, 0.717) is 25.7 Å². The molecule has 0 bridgehead atoms. The predicted octanol–water partition coefficient (Wildman–Crippen LogP) is 3.65. The summed E-state index contributed by atoms with van der Waals surface area (Å²) >= 11 is 0. The van der Waals surface area contributed by atoms with Crippen LogP contribution in [0.15, 0.2) is 0 Å². The van der Waals surface area contributed by atoms with E-state index in [2.05, 4.69) is 11.7 Å². The van der Waals surface area contributed by atoms with Crippen LogP contribution in [0.5, 0.6) is 0 Å². The van der Waals surface area contributed by atoms with Gasteiger partial charge in [0.2, 0.25) is 0 Å². The number of unbranched alkanes of at least 4 members (excludes halogenated alkanes) is 5. The molecule has 0 aromatic rings. The van der Waals surface area contributed by atoms with Crippen LogP contribution < -0.4 is 0 Å². The van der Waals surface area contributed by atoms with Crippen LogP contribution in [0.25, 0.3) is 0 Å². The number of rotatable bonds is 11. The third-order valence-electron chi connectivity index (χ3n) is 2.87. The molecule has 100 valence electrons. The fraction of sp³-hybridized carbons (Fsp3) is 0.857. The van der Waals surface area contributed by atoms with Crippen LogP contribution in [-0.2, 0) is 14.3 Å². The van der Waals surface area contributed by atoms with Crippen molar-refractivity contribution in [3.05, 3.63) is 0 Å². The maximum Gasteiger partial charge on any atom is 0.305 e. The topological polar surface area (TPSA) is 43.4 Å². The molecule has 0 aromatic carbocycles. The molecule has 0 saturated heterocycles. The van der Waals surface area contributed by atoms with Gasteiger partial charge in [0.25, 0.3) is 0 Å². The van der Waals surface area contributed by atoms with Crippen molar-refractivity contribution >= 4 is 11.8 Å². The lowest BCUT2D eigenvalue weighted by Gasteiger charge is -2.01. The van der Waals surface area contributed by atoms with Gasteiger partial charge in [-0.3, -0.25) is 9.59 Å². The molecule has 0 rings (SSSR count). The Morgan fingerprint density at radius 2 is 1.41 bits per heavy atom. The number of carbonyl (C=O) groups is 2. The average molecular weight is 242 g/mol. The molecular weight excluding hydrogens is 216 g/mol. The molecule has 17 heavy (non-hydrogen) atoms. The second-order valence-corrected chi connectivity index (χ2v) is 4.49. The van der Waals surface area contributed by atoms with Gasteiger partial charge in [-0.25, -0.2) is 0 Å². The summed E-state index contributed by atoms with van der Waals surface area (Å²) in [6.45, 7) is 2.20. The highest BCUT2D eigenvalue weighted by Crippen LogP contribution is 2.09. The Morgan fingerprint density at radius 1 is 0.824 bits per heavy atom. The van der Waals surface area contributed by atoms with Gasteiger partial charge in [-0.15, -0.1) is 0 Å². The van der Waals surface area contributed by atoms with Gasteiger partial charge in [-0.05, 0) is 12.8 Å². The number of hydrogen-bond acceptors (Lipinski definition) is 3. The lowest BCUT2D eigenvalue weighted by Crippen LogP contribution is -2.03. The SMILES string of the molecule is CCCCCCCCC(=O)CCCC(=O)OC. The molecule has 0 heterocycles. The Bertz CT molecular complexity index is 212. The maximum atomic E-state index is 11.4. The monoisotopic (exact) mass is 242 g/mol. The summed E-state index contributed by atoms with van der Waals surface area (Å²) < 4.78 is 4.52. The summed E-state index contributed by atoms with van der Waals surface area (Å²) in [5.41, 5.74) is 0. The molecule has 0 aromatic heterocycles. The summed E-state index contributed by atoms with van der Waals surface area (Å²) in [6, 6.07) is 0. The van der Waals surface area contributed by atoms with E-state index in [1.165, 1.54) is 32.8 Å². The Hall–Kier alpha value is -0.860. The van der Waals surface area contributed by atoms with Crippen molar-refractivity contribution in [2.24, 2.45) is 0 Å². The lowest BCUT2D eigenvalue weighted by molar-refractivity contribution is -0.140. The first kappa shape index (κ1) is 16.1. The average Bonchev–Trinajstić information content (AvgIpc) is 2.33. The van der Waals surface area contributed by atoms with Crippen molar-refractivity contribution in [3.63, 3.8) is 0 Å². The molecule has 0 aliphatic rings. The minimum Gasteiger partial charge on any atom is -0.469 e. The second kappa shape index (κ2) is 11.6. The van der Waals surface area contributed by atoms with Gasteiger partial charge in [0.15, 0.2) is 0 Å². The molecule has 0 fully saturated rings. The summed E-state index contributed by atoms with van der Waals surface area (Å²) in [6.07, 6.45) is 9.41. The quantitative estimate of drug-likeness (QED) is 0.410. The van der Waals surface area contributed by atoms with Gasteiger partial charge >= 0.3 is 5.97 Å². The van der Waals surface area contributed by atoms with Gasteiger partial charge < -0.3 is 4.74 Å². The molecule has 0 atom stereocenters. The van der Waals surface area contributed by atoms with Crippen LogP contribution in [-0.4, -0.2) is 18.9 Å². The first-order valence-electron chi connectivity index (χ1n) is 6.79. The van der Waals surface area contributed by atoms with Gasteiger partial charge in [-0.1, -0.05) is 39.0 Å². The van der Waals surface area contributed by atoms with Crippen LogP contribution in [0.1, 0.15) is 71.1 Å². The number of hydrogen-bond donors (Lipinski definition) is 0. The molecule has 0 N–H and O–H groups in total. The van der Waals surface area contributed by atoms with E-state index in [4.69, 9.17) is 0 Å². The van der Waals surface area contributed by atoms with Crippen LogP contribution >= 0.6 is 0 Å². The largest absolute Gasteiger partial charge is 0.469 e. The molecule has 0 saturated carbocycles. The normalized spacial score (nSPS) is 10.2. The zero-order valence-corrected chi connectivity index (χ0v) is 11.3. The van der Waals surface area contributed by atoms with Crippen LogP contribution in [0.3, 0.4) is 0 Å². The number of ketones is 1. The molecule has 0 aliphatic heterocycles. The van der Waals surface area contributed by atoms with E-state index in [0.717, 1.165) is 12.8 Å². The molecule has 3 nitrogen and oxygen atoms in total. The van der Waals surface area contributed by atoms with Gasteiger partial charge in [0.1, 0.15) is 5.78 Å². The fourth-order valence-corrected chi connectivity index (χ4v) is 1.76. The number of carbonyl (C=O) groups excluding carboxylic acids is 2. The standard InChI is InChI=1S/C14H26O3/c1-3-4-5-6-7-8-10-13(15)11-9-12-14(16)17-2/h3-12H2,1-2H3. The van der Waals surface area contributed by atoms with Crippen molar-refractivity contribution < 1.29 is 14.3 Å². The summed E-state index contributed by atoms with van der Waals surface area (Å²) in [7, 11) is 1.38. The number of Topliss-reactive ketones (excluding diaryl/α,β-unsaturated/α-hetero) is 1. The first-order valence-corrected chi connectivity index (χ1v) is 6.79. The predicted molar refractivity (Wildman–Crippen MR) is 68.9 cm³/mol. The molecule has 3 heteroatoms. The zero-order valence-electron chi connectivity index (χ0n) is 11.3. The third kappa shape index (κ3) is 11.4. The molecule has 0 spiro atoms. The van der Waals surface area contributed by atoms with E-state index in [-0.39, 0.29) is 11.8 Å². The van der Waals surface area contributed by atoms with E-state index < -0.39 is 0 Å². The summed E-state index contributed by atoms with van der Waals surface area (Å²) in [5, 5.41) is 0. The van der Waals surface area contributed by atoms with Crippen molar-refractivity contribution in [2.75, 3.05) is 7.11 Å². The minimum atomic E-state index is -0.225. The minimum absolute atomic E-state index is 0.225. The van der Waals surface area contributed by atoms with Crippen molar-refractivity contribution in [3.8, 4) is 0 Å². The van der Waals surface area contributed by atoms with E-state index in [9.17, 15) is 9.59 Å². The molecule has 0 aliphatic carbocycles. The molecule has 0 amide bonds. The Morgan fingerprint density at radius 3 is 2.06 bits per heavy atom. The highest BCUT2D eigenvalue weighted by molar-refractivity contribution is 5.79. The van der Waals surface area contributed by atoms with Crippen molar-refractivity contribution in [1.82, 2.24) is 0 Å². The smallest absolute Gasteiger partial charge is 0.305 e. The molecule has 0 radical (unpaired) electrons. The van der Waals surface area contributed by atoms with Crippen LogP contribution in [0, 0.1) is 0 Å². The second-order valence-electron chi connectivity index (χ2n) is 4.49. The molecular formula is C14H26O3. The Balaban J connectivity index is 3.26. The van der Waals surface area contributed by atoms with E-state index in [1.54, 1.807) is 0 Å². The van der Waals surface area contributed by atoms with E-state index in [1.807, 2.05) is 0 Å². The van der Waals surface area contributed by atoms with Gasteiger partial charge in [-0.2, -0.15) is 0 Å². The number of methoxy groups -OCH3 is 1. The fourth-order valence-electron chi connectivity index (χ4n) is 1.76. The van der Waals surface area contributed by atoms with Gasteiger partial charge in [0, 0.05) is 19.3 Å². The Kier molecular flexibility index (Phi) is 11.0. The highest BCUT2D eigenvalue weighted by atomic mass is 16.5. The molecule has 0 unspecified atom stereocenters. The lowest BCUT2D eigenvalue weighted by atomic mass is 10.0.